The Bertz CT molecular complexity index is 1010. The smallest absolute Gasteiger partial charge is 0.271 e. The van der Waals surface area contributed by atoms with Crippen LogP contribution < -0.4 is 10.0 Å². The molecule has 138 valence electrons. The SMILES string of the molecule is O=C1[C@H](C=[NH+]Cc2cccs2)C(C(F)(F)F)=NN1c1nc2ccccc2s1. The summed E-state index contributed by atoms with van der Waals surface area (Å²) in [7, 11) is 0. The first-order valence-electron chi connectivity index (χ1n) is 7.88. The Morgan fingerprint density at radius 1 is 1.22 bits per heavy atom. The lowest BCUT2D eigenvalue weighted by molar-refractivity contribution is -0.470. The number of carbonyl (C=O) groups excluding carboxylic acids is 1. The molecule has 10 heteroatoms. The van der Waals surface area contributed by atoms with E-state index in [4.69, 9.17) is 0 Å². The zero-order chi connectivity index (χ0) is 19.0. The molecule has 1 aliphatic rings. The van der Waals surface area contributed by atoms with E-state index in [1.807, 2.05) is 17.5 Å². The lowest BCUT2D eigenvalue weighted by atomic mass is 10.0. The Morgan fingerprint density at radius 3 is 2.74 bits per heavy atom. The first-order chi connectivity index (χ1) is 12.9. The highest BCUT2D eigenvalue weighted by Crippen LogP contribution is 2.34. The van der Waals surface area contributed by atoms with Crippen molar-refractivity contribution in [2.75, 3.05) is 5.01 Å². The maximum Gasteiger partial charge on any atom is 0.432 e. The Labute approximate surface area is 159 Å². The van der Waals surface area contributed by atoms with Crippen LogP contribution in [0.2, 0.25) is 0 Å². The maximum absolute atomic E-state index is 13.4. The van der Waals surface area contributed by atoms with E-state index in [0.29, 0.717) is 12.1 Å². The summed E-state index contributed by atoms with van der Waals surface area (Å²) in [6, 6.07) is 10.8. The molecule has 0 spiro atoms. The number of fused-ring (bicyclic) bond motifs is 1. The van der Waals surface area contributed by atoms with E-state index in [9.17, 15) is 18.0 Å². The minimum atomic E-state index is -4.72. The van der Waals surface area contributed by atoms with E-state index in [1.165, 1.54) is 11.3 Å². The molecule has 1 aliphatic heterocycles. The molecule has 1 aromatic carbocycles. The van der Waals surface area contributed by atoms with Gasteiger partial charge in [0.05, 0.1) is 15.1 Å². The van der Waals surface area contributed by atoms with Gasteiger partial charge in [-0.15, -0.1) is 11.3 Å². The number of nitrogens with zero attached hydrogens (tertiary/aromatic N) is 3. The van der Waals surface area contributed by atoms with Gasteiger partial charge in [0, 0.05) is 0 Å². The van der Waals surface area contributed by atoms with Crippen LogP contribution in [0.5, 0.6) is 0 Å². The Morgan fingerprint density at radius 2 is 2.04 bits per heavy atom. The Kier molecular flexibility index (Phi) is 4.52. The van der Waals surface area contributed by atoms with Gasteiger partial charge >= 0.3 is 6.18 Å². The molecule has 3 aromatic rings. The average molecular weight is 409 g/mol. The number of alkyl halides is 3. The molecular formula is C17H12F3N4OS2+. The zero-order valence-corrected chi connectivity index (χ0v) is 15.2. The largest absolute Gasteiger partial charge is 0.432 e. The number of thiazole rings is 1. The third kappa shape index (κ3) is 3.50. The van der Waals surface area contributed by atoms with E-state index in [1.54, 1.807) is 24.3 Å². The number of para-hydroxylation sites is 1. The number of hydrogen-bond acceptors (Lipinski definition) is 5. The van der Waals surface area contributed by atoms with Crippen molar-refractivity contribution in [1.29, 1.82) is 0 Å². The van der Waals surface area contributed by atoms with E-state index in [0.717, 1.165) is 32.1 Å². The fraction of sp³-hybridized carbons (Fsp3) is 0.176. The molecule has 1 atom stereocenters. The van der Waals surface area contributed by atoms with Gasteiger partial charge in [-0.25, -0.2) is 9.98 Å². The molecule has 4 rings (SSSR count). The van der Waals surface area contributed by atoms with Crippen LogP contribution in [0.25, 0.3) is 10.2 Å². The molecule has 0 saturated carbocycles. The van der Waals surface area contributed by atoms with E-state index >= 15 is 0 Å². The van der Waals surface area contributed by atoms with Crippen molar-refractivity contribution in [2.45, 2.75) is 12.7 Å². The summed E-state index contributed by atoms with van der Waals surface area (Å²) in [4.78, 5) is 20.6. The minimum absolute atomic E-state index is 0.122. The second-order valence-corrected chi connectivity index (χ2v) is 7.74. The fourth-order valence-corrected chi connectivity index (χ4v) is 4.21. The summed E-state index contributed by atoms with van der Waals surface area (Å²) < 4.78 is 41.0. The van der Waals surface area contributed by atoms with Gasteiger partial charge in [-0.05, 0) is 23.6 Å². The van der Waals surface area contributed by atoms with Crippen molar-refractivity contribution < 1.29 is 23.0 Å². The number of amides is 1. The molecule has 0 saturated heterocycles. The number of carbonyl (C=O) groups is 1. The summed E-state index contributed by atoms with van der Waals surface area (Å²) in [5, 5.41) is 6.30. The highest BCUT2D eigenvalue weighted by Gasteiger charge is 2.51. The third-order valence-electron chi connectivity index (χ3n) is 3.87. The van der Waals surface area contributed by atoms with Crippen molar-refractivity contribution in [2.24, 2.45) is 11.0 Å². The third-order valence-corrected chi connectivity index (χ3v) is 5.76. The van der Waals surface area contributed by atoms with Gasteiger partial charge in [0.25, 0.3) is 5.91 Å². The summed E-state index contributed by atoms with van der Waals surface area (Å²) >= 11 is 2.60. The molecule has 5 nitrogen and oxygen atoms in total. The number of anilines is 1. The molecular weight excluding hydrogens is 397 g/mol. The first kappa shape index (κ1) is 17.8. The summed E-state index contributed by atoms with van der Waals surface area (Å²) in [5.74, 6) is -2.29. The zero-order valence-electron chi connectivity index (χ0n) is 13.6. The van der Waals surface area contributed by atoms with Crippen LogP contribution in [0.15, 0.2) is 46.9 Å². The topological polar surface area (TPSA) is 59.5 Å². The molecule has 1 N–H and O–H groups in total. The first-order valence-corrected chi connectivity index (χ1v) is 9.57. The Balaban J connectivity index is 1.64. The van der Waals surface area contributed by atoms with E-state index < -0.39 is 23.7 Å². The lowest BCUT2D eigenvalue weighted by Gasteiger charge is -2.07. The second kappa shape index (κ2) is 6.86. The van der Waals surface area contributed by atoms with Crippen LogP contribution in [0.1, 0.15) is 4.88 Å². The van der Waals surface area contributed by atoms with E-state index in [-0.39, 0.29) is 5.13 Å². The van der Waals surface area contributed by atoms with Crippen LogP contribution >= 0.6 is 22.7 Å². The summed E-state index contributed by atoms with van der Waals surface area (Å²) in [6.07, 6.45) is -3.56. The quantitative estimate of drug-likeness (QED) is 0.674. The molecule has 0 radical (unpaired) electrons. The Hall–Kier alpha value is -2.59. The van der Waals surface area contributed by atoms with Crippen molar-refractivity contribution >= 4 is 55.9 Å². The number of nitrogens with one attached hydrogen (secondary N) is 1. The van der Waals surface area contributed by atoms with Gasteiger partial charge in [-0.3, -0.25) is 4.79 Å². The number of hydrogen-bond donors (Lipinski definition) is 1. The number of thiophene rings is 1. The highest BCUT2D eigenvalue weighted by atomic mass is 32.1. The molecule has 3 heterocycles. The van der Waals surface area contributed by atoms with Gasteiger partial charge in [-0.1, -0.05) is 29.5 Å². The molecule has 1 amide bonds. The number of benzene rings is 1. The van der Waals surface area contributed by atoms with E-state index in [2.05, 4.69) is 15.1 Å². The van der Waals surface area contributed by atoms with Crippen molar-refractivity contribution in [1.82, 2.24) is 4.98 Å². The van der Waals surface area contributed by atoms with Gasteiger partial charge in [0.1, 0.15) is 0 Å². The molecule has 0 fully saturated rings. The summed E-state index contributed by atoms with van der Waals surface area (Å²) in [5.41, 5.74) is -0.539. The number of halogens is 3. The minimum Gasteiger partial charge on any atom is -0.271 e. The average Bonchev–Trinajstić information content (AvgIpc) is 3.33. The van der Waals surface area contributed by atoms with Crippen LogP contribution in [-0.4, -0.2) is 29.0 Å². The number of rotatable bonds is 4. The second-order valence-electron chi connectivity index (χ2n) is 5.70. The standard InChI is InChI=1S/C17H11F3N4OS2/c18-17(19,20)14-11(9-21-8-10-4-3-7-26-10)15(25)24(23-14)16-22-12-5-1-2-6-13(12)27-16/h1-7,9,11H,8H2/p+1/t11-/m1/s1. The van der Waals surface area contributed by atoms with Crippen LogP contribution in [0, 0.1) is 5.92 Å². The fourth-order valence-electron chi connectivity index (χ4n) is 2.63. The van der Waals surface area contributed by atoms with Gasteiger partial charge in [0.15, 0.2) is 24.4 Å². The van der Waals surface area contributed by atoms with Crippen molar-refractivity contribution in [3.05, 3.63) is 46.7 Å². The maximum atomic E-state index is 13.4. The molecule has 27 heavy (non-hydrogen) atoms. The van der Waals surface area contributed by atoms with Gasteiger partial charge in [-0.2, -0.15) is 23.3 Å². The molecule has 0 unspecified atom stereocenters. The van der Waals surface area contributed by atoms with Crippen molar-refractivity contribution in [3.8, 4) is 0 Å². The van der Waals surface area contributed by atoms with Gasteiger partial charge in [0.2, 0.25) is 5.13 Å². The molecule has 0 bridgehead atoms. The predicted octanol–water partition coefficient (Wildman–Crippen LogP) is 2.59. The normalized spacial score (nSPS) is 18.0. The predicted molar refractivity (Wildman–Crippen MR) is 99.1 cm³/mol. The lowest BCUT2D eigenvalue weighted by Crippen LogP contribution is -2.69. The molecule has 0 aliphatic carbocycles. The van der Waals surface area contributed by atoms with Crippen molar-refractivity contribution in [3.63, 3.8) is 0 Å². The van der Waals surface area contributed by atoms with Gasteiger partial charge < -0.3 is 0 Å². The number of aromatic nitrogens is 1. The van der Waals surface area contributed by atoms with Crippen LogP contribution in [-0.2, 0) is 11.3 Å². The monoisotopic (exact) mass is 409 g/mol. The molecule has 2 aromatic heterocycles. The summed E-state index contributed by atoms with van der Waals surface area (Å²) in [6.45, 7) is 0.341. The number of hydrazone groups is 1. The highest BCUT2D eigenvalue weighted by molar-refractivity contribution is 7.22. The van der Waals surface area contributed by atoms with Crippen LogP contribution in [0.3, 0.4) is 0 Å². The van der Waals surface area contributed by atoms with Crippen LogP contribution in [0.4, 0.5) is 18.3 Å².